The third kappa shape index (κ3) is 4.90. The molecule has 0 saturated carbocycles. The normalized spacial score (nSPS) is 17.6. The summed E-state index contributed by atoms with van der Waals surface area (Å²) < 4.78 is 15.0. The van der Waals surface area contributed by atoms with E-state index in [1.54, 1.807) is 18.2 Å². The summed E-state index contributed by atoms with van der Waals surface area (Å²) in [5.74, 6) is -0.206. The van der Waals surface area contributed by atoms with Gasteiger partial charge >= 0.3 is 0 Å². The van der Waals surface area contributed by atoms with Gasteiger partial charge in [0, 0.05) is 36.4 Å². The van der Waals surface area contributed by atoms with Crippen LogP contribution in [0.4, 0.5) is 10.2 Å². The Balaban J connectivity index is 1.60. The van der Waals surface area contributed by atoms with Crippen molar-refractivity contribution < 1.29 is 9.50 Å². The molecule has 0 atom stereocenters. The number of pyridine rings is 1. The molecule has 0 unspecified atom stereocenters. The van der Waals surface area contributed by atoms with Crippen LogP contribution in [-0.4, -0.2) is 44.5 Å². The quantitative estimate of drug-likeness (QED) is 0.553. The Hall–Kier alpha value is -3.26. The minimum absolute atomic E-state index is 0.00561. The molecular formula is C25H30FN5O2. The smallest absolute Gasteiger partial charge is 0.248 e. The minimum Gasteiger partial charge on any atom is -0.507 e. The van der Waals surface area contributed by atoms with E-state index in [0.29, 0.717) is 16.9 Å². The van der Waals surface area contributed by atoms with E-state index < -0.39 is 5.82 Å². The lowest BCUT2D eigenvalue weighted by atomic mass is 9.79. The van der Waals surface area contributed by atoms with Gasteiger partial charge in [0.25, 0.3) is 0 Å². The van der Waals surface area contributed by atoms with Crippen molar-refractivity contribution in [2.75, 3.05) is 11.9 Å². The van der Waals surface area contributed by atoms with Crippen molar-refractivity contribution in [2.24, 2.45) is 0 Å². The number of H-pyrrole nitrogens is 1. The lowest BCUT2D eigenvalue weighted by Gasteiger charge is -2.49. The summed E-state index contributed by atoms with van der Waals surface area (Å²) in [6.45, 7) is 8.79. The Morgan fingerprint density at radius 1 is 1.03 bits per heavy atom. The first-order valence-electron chi connectivity index (χ1n) is 11.0. The third-order valence-electron chi connectivity index (χ3n) is 6.16. The SMILES string of the molecule is CN(c1ccc(-c2c(O)cc(-c3cc[nH]c(=O)c3)cc2F)nn1)C1CC(C)(C)NC(C)(C)C1. The first kappa shape index (κ1) is 22.9. The van der Waals surface area contributed by atoms with Gasteiger partial charge in [0.2, 0.25) is 5.56 Å². The van der Waals surface area contributed by atoms with Crippen LogP contribution in [0.3, 0.4) is 0 Å². The number of hydrogen-bond donors (Lipinski definition) is 3. The van der Waals surface area contributed by atoms with Gasteiger partial charge in [0.05, 0.1) is 11.3 Å². The molecular weight excluding hydrogens is 421 g/mol. The van der Waals surface area contributed by atoms with Crippen LogP contribution >= 0.6 is 0 Å². The predicted molar refractivity (Wildman–Crippen MR) is 128 cm³/mol. The lowest BCUT2D eigenvalue weighted by molar-refractivity contribution is 0.160. The predicted octanol–water partition coefficient (Wildman–Crippen LogP) is 4.09. The van der Waals surface area contributed by atoms with Gasteiger partial charge in [0.15, 0.2) is 5.82 Å². The highest BCUT2D eigenvalue weighted by atomic mass is 19.1. The van der Waals surface area contributed by atoms with Crippen molar-refractivity contribution >= 4 is 5.82 Å². The van der Waals surface area contributed by atoms with Gasteiger partial charge in [-0.15, -0.1) is 10.2 Å². The van der Waals surface area contributed by atoms with Crippen molar-refractivity contribution in [2.45, 2.75) is 57.7 Å². The van der Waals surface area contributed by atoms with E-state index in [-0.39, 0.29) is 39.7 Å². The van der Waals surface area contributed by atoms with Crippen molar-refractivity contribution in [1.82, 2.24) is 20.5 Å². The number of aromatic hydroxyl groups is 1. The second-order valence-corrected chi connectivity index (χ2v) is 10.1. The van der Waals surface area contributed by atoms with E-state index in [0.717, 1.165) is 12.8 Å². The molecule has 8 heteroatoms. The summed E-state index contributed by atoms with van der Waals surface area (Å²) in [5, 5.41) is 22.8. The molecule has 1 saturated heterocycles. The number of aromatic nitrogens is 3. The maximum absolute atomic E-state index is 15.0. The van der Waals surface area contributed by atoms with Crippen molar-refractivity contribution in [3.8, 4) is 28.1 Å². The van der Waals surface area contributed by atoms with E-state index in [9.17, 15) is 14.3 Å². The Labute approximate surface area is 192 Å². The second-order valence-electron chi connectivity index (χ2n) is 10.1. The summed E-state index contributed by atoms with van der Waals surface area (Å²) in [5.41, 5.74) is 0.821. The summed E-state index contributed by atoms with van der Waals surface area (Å²) in [7, 11) is 2.00. The summed E-state index contributed by atoms with van der Waals surface area (Å²) >= 11 is 0. The number of phenols is 1. The van der Waals surface area contributed by atoms with Crippen LogP contribution < -0.4 is 15.8 Å². The van der Waals surface area contributed by atoms with E-state index in [4.69, 9.17) is 0 Å². The number of aromatic amines is 1. The van der Waals surface area contributed by atoms with E-state index in [1.807, 2.05) is 7.05 Å². The minimum atomic E-state index is -0.637. The Kier molecular flexibility index (Phi) is 5.74. The highest BCUT2D eigenvalue weighted by Gasteiger charge is 2.39. The zero-order valence-electron chi connectivity index (χ0n) is 19.6. The topological polar surface area (TPSA) is 94.1 Å². The molecule has 1 fully saturated rings. The van der Waals surface area contributed by atoms with E-state index >= 15 is 0 Å². The zero-order chi connectivity index (χ0) is 24.0. The fourth-order valence-corrected chi connectivity index (χ4v) is 5.01. The molecule has 4 rings (SSSR count). The number of rotatable bonds is 4. The lowest BCUT2D eigenvalue weighted by Crippen LogP contribution is -2.62. The average molecular weight is 452 g/mol. The number of piperidine rings is 1. The fourth-order valence-electron chi connectivity index (χ4n) is 5.01. The van der Waals surface area contributed by atoms with Crippen LogP contribution in [0.15, 0.2) is 47.4 Å². The van der Waals surface area contributed by atoms with Gasteiger partial charge in [-0.05, 0) is 82.0 Å². The standard InChI is InChI=1S/C25H30FN5O2/c1-24(2)13-17(14-25(3,4)30-24)31(5)21-7-6-19(28-29-21)23-18(26)10-16(11-20(23)32)15-8-9-27-22(33)12-15/h6-12,17,30,32H,13-14H2,1-5H3,(H,27,33). The molecule has 33 heavy (non-hydrogen) atoms. The second kappa shape index (κ2) is 8.26. The molecule has 0 spiro atoms. The molecule has 3 heterocycles. The number of phenolic OH excluding ortho intramolecular Hbond substituents is 1. The first-order chi connectivity index (χ1) is 15.4. The van der Waals surface area contributed by atoms with E-state index in [1.165, 1.54) is 24.4 Å². The van der Waals surface area contributed by atoms with Crippen molar-refractivity contribution in [1.29, 1.82) is 0 Å². The third-order valence-corrected chi connectivity index (χ3v) is 6.16. The summed E-state index contributed by atoms with van der Waals surface area (Å²) in [6.07, 6.45) is 3.39. The molecule has 0 radical (unpaired) electrons. The molecule has 0 aliphatic carbocycles. The molecule has 1 aromatic carbocycles. The van der Waals surface area contributed by atoms with Gasteiger partial charge < -0.3 is 20.3 Å². The van der Waals surface area contributed by atoms with Gasteiger partial charge in [-0.3, -0.25) is 4.79 Å². The molecule has 7 nitrogen and oxygen atoms in total. The van der Waals surface area contributed by atoms with Crippen LogP contribution in [0, 0.1) is 5.82 Å². The summed E-state index contributed by atoms with van der Waals surface area (Å²) in [4.78, 5) is 16.2. The molecule has 1 aliphatic rings. The Morgan fingerprint density at radius 3 is 2.30 bits per heavy atom. The number of hydrogen-bond acceptors (Lipinski definition) is 6. The summed E-state index contributed by atoms with van der Waals surface area (Å²) in [6, 6.07) is 9.44. The van der Waals surface area contributed by atoms with Crippen LogP contribution in [-0.2, 0) is 0 Å². The van der Waals surface area contributed by atoms with Crippen LogP contribution in [0.1, 0.15) is 40.5 Å². The number of halogens is 1. The molecule has 3 aromatic rings. The number of anilines is 1. The maximum atomic E-state index is 15.0. The number of nitrogens with zero attached hydrogens (tertiary/aromatic N) is 3. The molecule has 2 aromatic heterocycles. The van der Waals surface area contributed by atoms with Crippen LogP contribution in [0.2, 0.25) is 0 Å². The highest BCUT2D eigenvalue weighted by molar-refractivity contribution is 5.75. The number of benzene rings is 1. The molecule has 1 aliphatic heterocycles. The van der Waals surface area contributed by atoms with Crippen molar-refractivity contribution in [3.05, 3.63) is 58.8 Å². The molecule has 0 bridgehead atoms. The van der Waals surface area contributed by atoms with Crippen LogP contribution in [0.25, 0.3) is 22.4 Å². The van der Waals surface area contributed by atoms with E-state index in [2.05, 4.69) is 53.1 Å². The Bertz CT molecular complexity index is 1180. The fraction of sp³-hybridized carbons (Fsp3) is 0.400. The van der Waals surface area contributed by atoms with Crippen molar-refractivity contribution in [3.63, 3.8) is 0 Å². The largest absolute Gasteiger partial charge is 0.507 e. The first-order valence-corrected chi connectivity index (χ1v) is 11.0. The van der Waals surface area contributed by atoms with Crippen LogP contribution in [0.5, 0.6) is 5.75 Å². The molecule has 174 valence electrons. The highest BCUT2D eigenvalue weighted by Crippen LogP contribution is 2.36. The number of nitrogens with one attached hydrogen (secondary N) is 2. The maximum Gasteiger partial charge on any atom is 0.248 e. The molecule has 0 amide bonds. The zero-order valence-corrected chi connectivity index (χ0v) is 19.6. The van der Waals surface area contributed by atoms with Gasteiger partial charge in [-0.2, -0.15) is 0 Å². The van der Waals surface area contributed by atoms with Gasteiger partial charge in [-0.1, -0.05) is 0 Å². The molecule has 3 N–H and O–H groups in total. The Morgan fingerprint density at radius 2 is 1.73 bits per heavy atom. The van der Waals surface area contributed by atoms with Gasteiger partial charge in [-0.25, -0.2) is 4.39 Å². The average Bonchev–Trinajstić information content (AvgIpc) is 2.71. The monoisotopic (exact) mass is 451 g/mol. The van der Waals surface area contributed by atoms with Gasteiger partial charge in [0.1, 0.15) is 11.6 Å².